The highest BCUT2D eigenvalue weighted by Crippen LogP contribution is 2.25. The van der Waals surface area contributed by atoms with Crippen LogP contribution in [0.3, 0.4) is 0 Å². The molecular formula is C17H24O2. The van der Waals surface area contributed by atoms with Crippen LogP contribution >= 0.6 is 0 Å². The van der Waals surface area contributed by atoms with E-state index in [0.717, 1.165) is 31.2 Å². The van der Waals surface area contributed by atoms with Crippen LogP contribution in [-0.4, -0.2) is 11.0 Å². The second kappa shape index (κ2) is 7.28. The molecule has 0 aliphatic carbocycles. The SMILES string of the molecule is CC(CCC=C=O)CCc1ccccc1C(C)(C)O. The van der Waals surface area contributed by atoms with Gasteiger partial charge in [0.1, 0.15) is 5.94 Å². The summed E-state index contributed by atoms with van der Waals surface area (Å²) in [4.78, 5) is 10.1. The van der Waals surface area contributed by atoms with Crippen molar-refractivity contribution in [3.05, 3.63) is 41.5 Å². The Morgan fingerprint density at radius 3 is 2.63 bits per heavy atom. The van der Waals surface area contributed by atoms with Crippen LogP contribution in [0, 0.1) is 5.92 Å². The van der Waals surface area contributed by atoms with Crippen molar-refractivity contribution in [3.8, 4) is 0 Å². The fraction of sp³-hybridized carbons (Fsp3) is 0.529. The summed E-state index contributed by atoms with van der Waals surface area (Å²) in [5, 5.41) is 10.2. The number of hydrogen-bond acceptors (Lipinski definition) is 2. The molecule has 1 rings (SSSR count). The zero-order valence-corrected chi connectivity index (χ0v) is 12.1. The third kappa shape index (κ3) is 5.42. The molecule has 0 radical (unpaired) electrons. The van der Waals surface area contributed by atoms with Crippen LogP contribution in [0.2, 0.25) is 0 Å². The van der Waals surface area contributed by atoms with Crippen LogP contribution in [0.5, 0.6) is 0 Å². The molecule has 104 valence electrons. The first-order chi connectivity index (χ1) is 8.95. The van der Waals surface area contributed by atoms with Crippen LogP contribution in [0.15, 0.2) is 30.3 Å². The van der Waals surface area contributed by atoms with Gasteiger partial charge in [-0.2, -0.15) is 0 Å². The van der Waals surface area contributed by atoms with Gasteiger partial charge < -0.3 is 5.11 Å². The second-order valence-corrected chi connectivity index (χ2v) is 5.76. The second-order valence-electron chi connectivity index (χ2n) is 5.76. The Balaban J connectivity index is 2.60. The fourth-order valence-corrected chi connectivity index (χ4v) is 2.31. The van der Waals surface area contributed by atoms with Gasteiger partial charge >= 0.3 is 0 Å². The average Bonchev–Trinajstić information content (AvgIpc) is 2.36. The fourth-order valence-electron chi connectivity index (χ4n) is 2.31. The summed E-state index contributed by atoms with van der Waals surface area (Å²) in [5.41, 5.74) is 1.43. The summed E-state index contributed by atoms with van der Waals surface area (Å²) in [6.45, 7) is 5.85. The Morgan fingerprint density at radius 2 is 2.00 bits per heavy atom. The topological polar surface area (TPSA) is 37.3 Å². The molecule has 0 amide bonds. The lowest BCUT2D eigenvalue weighted by atomic mass is 9.89. The molecule has 1 aromatic rings. The minimum Gasteiger partial charge on any atom is -0.386 e. The lowest BCUT2D eigenvalue weighted by Gasteiger charge is -2.22. The molecule has 0 saturated carbocycles. The molecule has 2 heteroatoms. The highest BCUT2D eigenvalue weighted by atomic mass is 16.3. The lowest BCUT2D eigenvalue weighted by molar-refractivity contribution is 0.0775. The van der Waals surface area contributed by atoms with Crippen molar-refractivity contribution in [1.82, 2.24) is 0 Å². The van der Waals surface area contributed by atoms with Crippen LogP contribution < -0.4 is 0 Å². The molecule has 1 N–H and O–H groups in total. The first kappa shape index (κ1) is 15.7. The highest BCUT2D eigenvalue weighted by Gasteiger charge is 2.19. The highest BCUT2D eigenvalue weighted by molar-refractivity contribution is 5.44. The molecule has 0 fully saturated rings. The largest absolute Gasteiger partial charge is 0.386 e. The van der Waals surface area contributed by atoms with Crippen molar-refractivity contribution in [2.75, 3.05) is 0 Å². The summed E-state index contributed by atoms with van der Waals surface area (Å²) >= 11 is 0. The Kier molecular flexibility index (Phi) is 6.01. The van der Waals surface area contributed by atoms with Gasteiger partial charge in [0.05, 0.1) is 5.60 Å². The molecule has 1 atom stereocenters. The van der Waals surface area contributed by atoms with Gasteiger partial charge in [0, 0.05) is 0 Å². The van der Waals surface area contributed by atoms with Crippen molar-refractivity contribution < 1.29 is 9.90 Å². The minimum atomic E-state index is -0.792. The number of hydrogen-bond donors (Lipinski definition) is 1. The van der Waals surface area contributed by atoms with Crippen LogP contribution in [-0.2, 0) is 16.8 Å². The molecule has 19 heavy (non-hydrogen) atoms. The van der Waals surface area contributed by atoms with Gasteiger partial charge in [0.25, 0.3) is 0 Å². The number of aliphatic hydroxyl groups is 1. The van der Waals surface area contributed by atoms with E-state index in [2.05, 4.69) is 13.0 Å². The number of aryl methyl sites for hydroxylation is 1. The molecule has 1 unspecified atom stereocenters. The maximum Gasteiger partial charge on any atom is 0.120 e. The van der Waals surface area contributed by atoms with Crippen LogP contribution in [0.25, 0.3) is 0 Å². The van der Waals surface area contributed by atoms with Gasteiger partial charge in [0.2, 0.25) is 0 Å². The maximum atomic E-state index is 10.2. The Morgan fingerprint density at radius 1 is 1.32 bits per heavy atom. The van der Waals surface area contributed by atoms with Crippen molar-refractivity contribution in [2.24, 2.45) is 5.92 Å². The van der Waals surface area contributed by atoms with E-state index < -0.39 is 5.60 Å². The zero-order valence-electron chi connectivity index (χ0n) is 12.1. The van der Waals surface area contributed by atoms with Crippen molar-refractivity contribution in [3.63, 3.8) is 0 Å². The van der Waals surface area contributed by atoms with E-state index in [0.29, 0.717) is 5.92 Å². The van der Waals surface area contributed by atoms with Gasteiger partial charge in [0.15, 0.2) is 0 Å². The molecule has 0 aliphatic rings. The molecule has 2 nitrogen and oxygen atoms in total. The summed E-state index contributed by atoms with van der Waals surface area (Å²) in [6.07, 6.45) is 5.41. The van der Waals surface area contributed by atoms with Crippen LogP contribution in [0.4, 0.5) is 0 Å². The van der Waals surface area contributed by atoms with Gasteiger partial charge in [-0.05, 0) is 62.7 Å². The third-order valence-electron chi connectivity index (χ3n) is 3.47. The molecule has 0 aliphatic heterocycles. The van der Waals surface area contributed by atoms with Gasteiger partial charge in [-0.15, -0.1) is 0 Å². The molecule has 0 saturated heterocycles. The molecular weight excluding hydrogens is 236 g/mol. The molecule has 1 aromatic carbocycles. The number of benzene rings is 1. The van der Waals surface area contributed by atoms with E-state index in [1.54, 1.807) is 6.08 Å². The van der Waals surface area contributed by atoms with Gasteiger partial charge in [-0.25, -0.2) is 4.79 Å². The Bertz CT molecular complexity index is 437. The molecule has 0 heterocycles. The van der Waals surface area contributed by atoms with E-state index in [9.17, 15) is 9.90 Å². The van der Waals surface area contributed by atoms with Gasteiger partial charge in [-0.1, -0.05) is 31.2 Å². The Hall–Kier alpha value is -1.37. The lowest BCUT2D eigenvalue weighted by Crippen LogP contribution is -2.18. The van der Waals surface area contributed by atoms with E-state index in [4.69, 9.17) is 0 Å². The first-order valence-electron chi connectivity index (χ1n) is 6.95. The molecule has 0 spiro atoms. The monoisotopic (exact) mass is 260 g/mol. The molecule has 0 aromatic heterocycles. The Labute approximate surface area is 116 Å². The number of carbonyl (C=O) groups excluding carboxylic acids is 1. The third-order valence-corrected chi connectivity index (χ3v) is 3.47. The predicted octanol–water partition coefficient (Wildman–Crippen LogP) is 3.65. The zero-order chi connectivity index (χ0) is 14.3. The van der Waals surface area contributed by atoms with Crippen molar-refractivity contribution >= 4 is 5.94 Å². The van der Waals surface area contributed by atoms with E-state index in [-0.39, 0.29) is 0 Å². The number of allylic oxidation sites excluding steroid dienone is 1. The maximum absolute atomic E-state index is 10.2. The summed E-state index contributed by atoms with van der Waals surface area (Å²) in [5.74, 6) is 2.39. The average molecular weight is 260 g/mol. The standard InChI is InChI=1S/C17H24O2/c1-14(8-6-7-13-18)11-12-15-9-4-5-10-16(15)17(2,3)19/h4-5,7,9-10,14,19H,6,8,11-12H2,1-3H3. The van der Waals surface area contributed by atoms with E-state index >= 15 is 0 Å². The summed E-state index contributed by atoms with van der Waals surface area (Å²) < 4.78 is 0. The van der Waals surface area contributed by atoms with Crippen LogP contribution in [0.1, 0.15) is 51.2 Å². The first-order valence-corrected chi connectivity index (χ1v) is 6.95. The van der Waals surface area contributed by atoms with Crippen molar-refractivity contribution in [1.29, 1.82) is 0 Å². The van der Waals surface area contributed by atoms with Gasteiger partial charge in [-0.3, -0.25) is 0 Å². The van der Waals surface area contributed by atoms with Crippen molar-refractivity contribution in [2.45, 2.75) is 52.1 Å². The predicted molar refractivity (Wildman–Crippen MR) is 78.7 cm³/mol. The normalized spacial score (nSPS) is 12.8. The minimum absolute atomic E-state index is 0.569. The summed E-state index contributed by atoms with van der Waals surface area (Å²) in [7, 11) is 0. The number of rotatable bonds is 7. The van der Waals surface area contributed by atoms with E-state index in [1.807, 2.05) is 38.0 Å². The smallest absolute Gasteiger partial charge is 0.120 e. The molecule has 0 bridgehead atoms. The summed E-state index contributed by atoms with van der Waals surface area (Å²) in [6, 6.07) is 8.07. The quantitative estimate of drug-likeness (QED) is 0.760. The van der Waals surface area contributed by atoms with E-state index in [1.165, 1.54) is 5.56 Å².